The summed E-state index contributed by atoms with van der Waals surface area (Å²) < 4.78 is 16.3. The third-order valence-electron chi connectivity index (χ3n) is 2.50. The molecule has 0 aromatic heterocycles. The first-order chi connectivity index (χ1) is 9.22. The van der Waals surface area contributed by atoms with Gasteiger partial charge in [-0.15, -0.1) is 0 Å². The van der Waals surface area contributed by atoms with Gasteiger partial charge in [-0.2, -0.15) is 0 Å². The average molecular weight is 266 g/mol. The zero-order chi connectivity index (χ0) is 14.1. The summed E-state index contributed by atoms with van der Waals surface area (Å²) in [5.74, 6) is 0.901. The Hall–Kier alpha value is -1.71. The maximum absolute atomic E-state index is 11.7. The van der Waals surface area contributed by atoms with Gasteiger partial charge in [0, 0.05) is 0 Å². The molecule has 1 rings (SSSR count). The molecule has 4 heteroatoms. The zero-order valence-corrected chi connectivity index (χ0v) is 11.8. The monoisotopic (exact) mass is 266 g/mol. The first kappa shape index (κ1) is 15.3. The molecule has 0 amide bonds. The molecule has 0 saturated carbocycles. The summed E-state index contributed by atoms with van der Waals surface area (Å²) in [5, 5.41) is 0. The van der Waals surface area contributed by atoms with Gasteiger partial charge >= 0.3 is 5.97 Å². The molecule has 0 bridgehead atoms. The highest BCUT2D eigenvalue weighted by Gasteiger charge is 2.21. The predicted octanol–water partition coefficient (Wildman–Crippen LogP) is 3.20. The largest absolute Gasteiger partial charge is 0.490 e. The fourth-order valence-corrected chi connectivity index (χ4v) is 1.57. The Morgan fingerprint density at radius 1 is 1.16 bits per heavy atom. The highest BCUT2D eigenvalue weighted by Crippen LogP contribution is 2.28. The molecule has 1 unspecified atom stereocenters. The maximum atomic E-state index is 11.7. The van der Waals surface area contributed by atoms with Crippen LogP contribution >= 0.6 is 0 Å². The van der Waals surface area contributed by atoms with Crippen molar-refractivity contribution >= 4 is 5.97 Å². The Kier molecular flexibility index (Phi) is 6.79. The van der Waals surface area contributed by atoms with Gasteiger partial charge in [0.15, 0.2) is 17.6 Å². The van der Waals surface area contributed by atoms with E-state index >= 15 is 0 Å². The minimum Gasteiger partial charge on any atom is -0.490 e. The first-order valence-electron chi connectivity index (χ1n) is 6.78. The van der Waals surface area contributed by atoms with E-state index < -0.39 is 6.10 Å². The molecular formula is C15H22O4. The molecule has 0 saturated heterocycles. The number of hydrogen-bond donors (Lipinski definition) is 0. The normalized spacial score (nSPS) is 11.7. The van der Waals surface area contributed by atoms with Crippen molar-refractivity contribution in [1.82, 2.24) is 0 Å². The predicted molar refractivity (Wildman–Crippen MR) is 73.6 cm³/mol. The zero-order valence-electron chi connectivity index (χ0n) is 11.8. The number of hydrogen-bond acceptors (Lipinski definition) is 4. The summed E-state index contributed by atoms with van der Waals surface area (Å²) in [6.07, 6.45) is 0.885. The lowest BCUT2D eigenvalue weighted by Crippen LogP contribution is -2.28. The third-order valence-corrected chi connectivity index (χ3v) is 2.50. The van der Waals surface area contributed by atoms with Gasteiger partial charge in [0.25, 0.3) is 0 Å². The second kappa shape index (κ2) is 8.40. The molecule has 0 heterocycles. The summed E-state index contributed by atoms with van der Waals surface area (Å²) in [6.45, 7) is 6.68. The fourth-order valence-electron chi connectivity index (χ4n) is 1.57. The molecule has 1 aromatic carbocycles. The van der Waals surface area contributed by atoms with Crippen molar-refractivity contribution in [3.8, 4) is 11.5 Å². The number of benzene rings is 1. The van der Waals surface area contributed by atoms with Crippen molar-refractivity contribution in [2.24, 2.45) is 0 Å². The molecule has 1 atom stereocenters. The second-order valence-electron chi connectivity index (χ2n) is 4.06. The SMILES string of the molecule is CCCOc1ccccc1OC(CC)C(=O)OCC. The van der Waals surface area contributed by atoms with E-state index in [1.807, 2.05) is 32.0 Å². The van der Waals surface area contributed by atoms with Crippen LogP contribution < -0.4 is 9.47 Å². The van der Waals surface area contributed by atoms with Crippen LogP contribution in [0.1, 0.15) is 33.6 Å². The molecule has 0 N–H and O–H groups in total. The standard InChI is InChI=1S/C15H22O4/c1-4-11-18-13-9-7-8-10-14(13)19-12(5-2)15(16)17-6-3/h7-10,12H,4-6,11H2,1-3H3. The van der Waals surface area contributed by atoms with Crippen LogP contribution in [0.25, 0.3) is 0 Å². The van der Waals surface area contributed by atoms with Crippen molar-refractivity contribution in [2.75, 3.05) is 13.2 Å². The summed E-state index contributed by atoms with van der Waals surface area (Å²) in [5.41, 5.74) is 0. The van der Waals surface area contributed by atoms with E-state index in [2.05, 4.69) is 0 Å². The molecule has 0 aliphatic heterocycles. The molecule has 106 valence electrons. The van der Waals surface area contributed by atoms with E-state index in [9.17, 15) is 4.79 Å². The summed E-state index contributed by atoms with van der Waals surface area (Å²) in [7, 11) is 0. The van der Waals surface area contributed by atoms with E-state index in [1.165, 1.54) is 0 Å². The van der Waals surface area contributed by atoms with Crippen molar-refractivity contribution in [3.63, 3.8) is 0 Å². The number of rotatable bonds is 8. The number of para-hydroxylation sites is 2. The molecule has 0 fully saturated rings. The van der Waals surface area contributed by atoms with Gasteiger partial charge in [-0.25, -0.2) is 4.79 Å². The van der Waals surface area contributed by atoms with E-state index in [0.717, 1.165) is 6.42 Å². The van der Waals surface area contributed by atoms with E-state index in [4.69, 9.17) is 14.2 Å². The molecule has 0 radical (unpaired) electrons. The van der Waals surface area contributed by atoms with Gasteiger partial charge in [-0.05, 0) is 31.9 Å². The van der Waals surface area contributed by atoms with Gasteiger partial charge in [-0.3, -0.25) is 0 Å². The minimum atomic E-state index is -0.591. The lowest BCUT2D eigenvalue weighted by Gasteiger charge is -2.18. The second-order valence-corrected chi connectivity index (χ2v) is 4.06. The average Bonchev–Trinajstić information content (AvgIpc) is 2.43. The van der Waals surface area contributed by atoms with Gasteiger partial charge in [0.05, 0.1) is 13.2 Å². The van der Waals surface area contributed by atoms with Crippen molar-refractivity contribution in [3.05, 3.63) is 24.3 Å². The van der Waals surface area contributed by atoms with Crippen LogP contribution in [0.5, 0.6) is 11.5 Å². The molecule has 0 aliphatic carbocycles. The maximum Gasteiger partial charge on any atom is 0.347 e. The number of ether oxygens (including phenoxy) is 3. The molecule has 4 nitrogen and oxygen atoms in total. The highest BCUT2D eigenvalue weighted by molar-refractivity contribution is 5.75. The summed E-state index contributed by atoms with van der Waals surface area (Å²) >= 11 is 0. The molecular weight excluding hydrogens is 244 g/mol. The van der Waals surface area contributed by atoms with Crippen LogP contribution in [0.3, 0.4) is 0 Å². The lowest BCUT2D eigenvalue weighted by molar-refractivity contribution is -0.151. The van der Waals surface area contributed by atoms with Gasteiger partial charge in [0.1, 0.15) is 0 Å². The molecule has 1 aromatic rings. The van der Waals surface area contributed by atoms with Crippen LogP contribution in [0, 0.1) is 0 Å². The quantitative estimate of drug-likeness (QED) is 0.678. The van der Waals surface area contributed by atoms with Gasteiger partial charge < -0.3 is 14.2 Å². The number of esters is 1. The topological polar surface area (TPSA) is 44.8 Å². The molecule has 0 aliphatic rings. The van der Waals surface area contributed by atoms with Crippen LogP contribution in [0.15, 0.2) is 24.3 Å². The first-order valence-corrected chi connectivity index (χ1v) is 6.78. The lowest BCUT2D eigenvalue weighted by atomic mass is 10.2. The number of carbonyl (C=O) groups excluding carboxylic acids is 1. The minimum absolute atomic E-state index is 0.338. The molecule has 0 spiro atoms. The summed E-state index contributed by atoms with van der Waals surface area (Å²) in [4.78, 5) is 11.7. The van der Waals surface area contributed by atoms with Crippen molar-refractivity contribution < 1.29 is 19.0 Å². The highest BCUT2D eigenvalue weighted by atomic mass is 16.6. The Balaban J connectivity index is 2.75. The smallest absolute Gasteiger partial charge is 0.347 e. The van der Waals surface area contributed by atoms with Crippen LogP contribution in [-0.4, -0.2) is 25.3 Å². The van der Waals surface area contributed by atoms with E-state index in [0.29, 0.717) is 31.1 Å². The van der Waals surface area contributed by atoms with Gasteiger partial charge in [0.2, 0.25) is 0 Å². The van der Waals surface area contributed by atoms with Crippen LogP contribution in [0.4, 0.5) is 0 Å². The Morgan fingerprint density at radius 2 is 1.84 bits per heavy atom. The van der Waals surface area contributed by atoms with Crippen molar-refractivity contribution in [1.29, 1.82) is 0 Å². The van der Waals surface area contributed by atoms with Crippen LogP contribution in [0.2, 0.25) is 0 Å². The number of carbonyl (C=O) groups is 1. The fraction of sp³-hybridized carbons (Fsp3) is 0.533. The van der Waals surface area contributed by atoms with Crippen LogP contribution in [-0.2, 0) is 9.53 Å². The third kappa shape index (κ3) is 4.81. The Bertz CT molecular complexity index is 389. The van der Waals surface area contributed by atoms with Gasteiger partial charge in [-0.1, -0.05) is 26.0 Å². The van der Waals surface area contributed by atoms with E-state index in [-0.39, 0.29) is 5.97 Å². The Labute approximate surface area is 114 Å². The van der Waals surface area contributed by atoms with Crippen molar-refractivity contribution in [2.45, 2.75) is 39.7 Å². The Morgan fingerprint density at radius 3 is 2.42 bits per heavy atom. The molecule has 19 heavy (non-hydrogen) atoms. The van der Waals surface area contributed by atoms with E-state index in [1.54, 1.807) is 13.0 Å². The summed E-state index contributed by atoms with van der Waals surface area (Å²) in [6, 6.07) is 7.37.